The van der Waals surface area contributed by atoms with E-state index in [2.05, 4.69) is 27.5 Å². The van der Waals surface area contributed by atoms with E-state index < -0.39 is 5.97 Å². The molecule has 0 atom stereocenters. The number of aromatic carboxylic acids is 1. The van der Waals surface area contributed by atoms with E-state index in [1.54, 1.807) is 17.8 Å². The van der Waals surface area contributed by atoms with Crippen LogP contribution < -0.4 is 0 Å². The Kier molecular flexibility index (Phi) is 5.85. The molecule has 2 N–H and O–H groups in total. The molecule has 0 unspecified atom stereocenters. The molecule has 8 nitrogen and oxygen atoms in total. The quantitative estimate of drug-likeness (QED) is 0.307. The van der Waals surface area contributed by atoms with E-state index in [0.29, 0.717) is 16.9 Å². The molecule has 0 fully saturated rings. The summed E-state index contributed by atoms with van der Waals surface area (Å²) >= 11 is 1.63. The van der Waals surface area contributed by atoms with Gasteiger partial charge in [0.25, 0.3) is 0 Å². The number of rotatable bonds is 7. The Balaban J connectivity index is 1.66. The van der Waals surface area contributed by atoms with E-state index in [9.17, 15) is 9.90 Å². The molecule has 3 aromatic carbocycles. The predicted octanol–water partition coefficient (Wildman–Crippen LogP) is 5.38. The fourth-order valence-corrected chi connectivity index (χ4v) is 4.86. The smallest absolute Gasteiger partial charge is 0.337 e. The van der Waals surface area contributed by atoms with Crippen LogP contribution in [0.15, 0.2) is 65.8 Å². The summed E-state index contributed by atoms with van der Waals surface area (Å²) in [5.41, 5.74) is 6.22. The van der Waals surface area contributed by atoms with Gasteiger partial charge in [0.15, 0.2) is 5.16 Å². The Morgan fingerprint density at radius 2 is 1.82 bits per heavy atom. The average molecular weight is 471 g/mol. The molecule has 5 aromatic rings. The number of aromatic amines is 1. The van der Waals surface area contributed by atoms with Crippen molar-refractivity contribution < 1.29 is 9.90 Å². The normalized spacial score (nSPS) is 11.2. The molecular formula is C25H22N6O2S. The van der Waals surface area contributed by atoms with Crippen LogP contribution in [-0.2, 0) is 0 Å². The molecule has 0 amide bonds. The van der Waals surface area contributed by atoms with Gasteiger partial charge in [-0.15, -0.1) is 10.2 Å². The number of aryl methyl sites for hydroxylation is 1. The van der Waals surface area contributed by atoms with Gasteiger partial charge in [0.2, 0.25) is 5.82 Å². The summed E-state index contributed by atoms with van der Waals surface area (Å²) in [7, 11) is 0. The Morgan fingerprint density at radius 3 is 2.50 bits per heavy atom. The third-order valence-electron chi connectivity index (χ3n) is 5.59. The van der Waals surface area contributed by atoms with Crippen LogP contribution in [0.5, 0.6) is 0 Å². The fraction of sp³-hybridized carbons (Fsp3) is 0.160. The van der Waals surface area contributed by atoms with Gasteiger partial charge in [-0.2, -0.15) is 5.21 Å². The summed E-state index contributed by atoms with van der Waals surface area (Å²) in [6.07, 6.45) is 0.991. The lowest BCUT2D eigenvalue weighted by molar-refractivity contribution is 0.0698. The number of fused-ring (bicyclic) bond motifs is 1. The minimum Gasteiger partial charge on any atom is -0.478 e. The van der Waals surface area contributed by atoms with Gasteiger partial charge in [0.05, 0.1) is 16.6 Å². The summed E-state index contributed by atoms with van der Waals surface area (Å²) in [5, 5.41) is 25.1. The van der Waals surface area contributed by atoms with Crippen LogP contribution in [-0.4, -0.2) is 47.0 Å². The number of hydrogen-bond acceptors (Lipinski definition) is 6. The maximum absolute atomic E-state index is 12.1. The van der Waals surface area contributed by atoms with Crippen molar-refractivity contribution >= 4 is 28.8 Å². The minimum absolute atomic E-state index is 0.239. The number of benzene rings is 3. The average Bonchev–Trinajstić information content (AvgIpc) is 3.52. The summed E-state index contributed by atoms with van der Waals surface area (Å²) in [4.78, 5) is 16.9. The molecule has 0 bridgehead atoms. The summed E-state index contributed by atoms with van der Waals surface area (Å²) < 4.78 is 1.96. The van der Waals surface area contributed by atoms with Gasteiger partial charge >= 0.3 is 5.97 Å². The number of tetrazole rings is 1. The number of nitrogens with one attached hydrogen (secondary N) is 1. The van der Waals surface area contributed by atoms with Crippen LogP contribution in [0.1, 0.15) is 29.3 Å². The van der Waals surface area contributed by atoms with Crippen molar-refractivity contribution in [1.82, 2.24) is 30.2 Å². The zero-order chi connectivity index (χ0) is 23.7. The lowest BCUT2D eigenvalue weighted by Gasteiger charge is -2.12. The minimum atomic E-state index is -0.969. The first-order valence-electron chi connectivity index (χ1n) is 10.9. The van der Waals surface area contributed by atoms with Crippen LogP contribution in [0.3, 0.4) is 0 Å². The van der Waals surface area contributed by atoms with Crippen molar-refractivity contribution in [3.8, 4) is 28.2 Å². The van der Waals surface area contributed by atoms with E-state index in [0.717, 1.165) is 45.3 Å². The summed E-state index contributed by atoms with van der Waals surface area (Å²) in [6, 6.07) is 19.4. The van der Waals surface area contributed by atoms with E-state index in [1.807, 2.05) is 66.1 Å². The second-order valence-corrected chi connectivity index (χ2v) is 8.90. The number of hydrogen-bond donors (Lipinski definition) is 2. The zero-order valence-electron chi connectivity index (χ0n) is 18.7. The number of aromatic nitrogens is 6. The first kappa shape index (κ1) is 21.8. The van der Waals surface area contributed by atoms with Crippen LogP contribution in [0.4, 0.5) is 0 Å². The number of imidazole rings is 1. The van der Waals surface area contributed by atoms with Gasteiger partial charge in [0.1, 0.15) is 0 Å². The monoisotopic (exact) mass is 470 g/mol. The molecule has 0 aliphatic carbocycles. The van der Waals surface area contributed by atoms with E-state index >= 15 is 0 Å². The second kappa shape index (κ2) is 9.11. The maximum atomic E-state index is 12.1. The third kappa shape index (κ3) is 3.84. The van der Waals surface area contributed by atoms with Gasteiger partial charge in [-0.05, 0) is 53.4 Å². The van der Waals surface area contributed by atoms with Crippen molar-refractivity contribution in [2.75, 3.05) is 5.75 Å². The SMILES string of the molecule is CCCSc1nc2c(C)ccc(C(=O)O)c2n1-c1ccc(-c2ccccc2-c2nn[nH]n2)cc1. The number of carboxylic acids is 1. The lowest BCUT2D eigenvalue weighted by Crippen LogP contribution is -2.04. The van der Waals surface area contributed by atoms with Gasteiger partial charge in [0, 0.05) is 17.0 Å². The van der Waals surface area contributed by atoms with Crippen LogP contribution in [0.2, 0.25) is 0 Å². The van der Waals surface area contributed by atoms with Crippen LogP contribution >= 0.6 is 11.8 Å². The highest BCUT2D eigenvalue weighted by molar-refractivity contribution is 7.99. The Labute approximate surface area is 200 Å². The molecule has 0 saturated heterocycles. The Morgan fingerprint density at radius 1 is 1.06 bits per heavy atom. The van der Waals surface area contributed by atoms with Crippen molar-refractivity contribution in [3.63, 3.8) is 0 Å². The first-order chi connectivity index (χ1) is 16.6. The van der Waals surface area contributed by atoms with Gasteiger partial charge in [-0.3, -0.25) is 4.57 Å². The molecule has 2 heterocycles. The van der Waals surface area contributed by atoms with E-state index in [4.69, 9.17) is 4.98 Å². The van der Waals surface area contributed by atoms with Gasteiger partial charge in [-0.1, -0.05) is 61.2 Å². The van der Waals surface area contributed by atoms with Crippen LogP contribution in [0.25, 0.3) is 39.2 Å². The Hall–Kier alpha value is -3.98. The van der Waals surface area contributed by atoms with Crippen molar-refractivity contribution in [1.29, 1.82) is 0 Å². The highest BCUT2D eigenvalue weighted by Gasteiger charge is 2.21. The number of H-pyrrole nitrogens is 1. The van der Waals surface area contributed by atoms with Crippen LogP contribution in [0, 0.1) is 6.92 Å². The van der Waals surface area contributed by atoms with E-state index in [1.165, 1.54) is 0 Å². The molecule has 0 aliphatic rings. The molecule has 0 saturated carbocycles. The highest BCUT2D eigenvalue weighted by Crippen LogP contribution is 2.34. The second-order valence-electron chi connectivity index (χ2n) is 7.84. The topological polar surface area (TPSA) is 110 Å². The number of nitrogens with zero attached hydrogens (tertiary/aromatic N) is 5. The fourth-order valence-electron chi connectivity index (χ4n) is 3.99. The third-order valence-corrected chi connectivity index (χ3v) is 6.74. The molecule has 0 aliphatic heterocycles. The number of thioether (sulfide) groups is 1. The number of carboxylic acid groups (broad SMARTS) is 1. The largest absolute Gasteiger partial charge is 0.478 e. The van der Waals surface area contributed by atoms with Crippen molar-refractivity contribution in [2.45, 2.75) is 25.4 Å². The molecule has 0 spiro atoms. The zero-order valence-corrected chi connectivity index (χ0v) is 19.5. The molecular weight excluding hydrogens is 448 g/mol. The Bertz CT molecular complexity index is 1480. The molecule has 2 aromatic heterocycles. The molecule has 9 heteroatoms. The van der Waals surface area contributed by atoms with Gasteiger partial charge < -0.3 is 5.11 Å². The lowest BCUT2D eigenvalue weighted by atomic mass is 9.99. The number of carbonyl (C=O) groups is 1. The van der Waals surface area contributed by atoms with E-state index in [-0.39, 0.29) is 5.56 Å². The van der Waals surface area contributed by atoms with Crippen molar-refractivity contribution in [3.05, 3.63) is 71.8 Å². The maximum Gasteiger partial charge on any atom is 0.337 e. The van der Waals surface area contributed by atoms with Gasteiger partial charge in [-0.25, -0.2) is 9.78 Å². The summed E-state index contributed by atoms with van der Waals surface area (Å²) in [6.45, 7) is 4.07. The highest BCUT2D eigenvalue weighted by atomic mass is 32.2. The predicted molar refractivity (Wildman–Crippen MR) is 132 cm³/mol. The summed E-state index contributed by atoms with van der Waals surface area (Å²) in [5.74, 6) is 0.449. The van der Waals surface area contributed by atoms with Crippen molar-refractivity contribution in [2.24, 2.45) is 0 Å². The molecule has 34 heavy (non-hydrogen) atoms. The molecule has 170 valence electrons. The first-order valence-corrected chi connectivity index (χ1v) is 11.9. The standard InChI is InChI=1S/C25H22N6O2S/c1-3-14-34-25-26-21-15(2)8-13-20(24(32)33)22(21)31(25)17-11-9-16(10-12-17)18-6-4-5-7-19(18)23-27-29-30-28-23/h4-13H,3,14H2,1-2H3,(H,32,33)(H,27,28,29,30). The molecule has 0 radical (unpaired) electrons. The molecule has 5 rings (SSSR count).